The average molecular weight is 521 g/mol. The molecule has 0 aliphatic rings. The third-order valence-electron chi connectivity index (χ3n) is 4.52. The lowest BCUT2D eigenvalue weighted by Gasteiger charge is -2.01. The summed E-state index contributed by atoms with van der Waals surface area (Å²) in [7, 11) is -3.29. The van der Waals surface area contributed by atoms with Crippen LogP contribution in [0.3, 0.4) is 0 Å². The van der Waals surface area contributed by atoms with Crippen molar-refractivity contribution in [2.45, 2.75) is 21.9 Å². The van der Waals surface area contributed by atoms with Gasteiger partial charge in [0.25, 0.3) is 5.91 Å². The van der Waals surface area contributed by atoms with E-state index in [-0.39, 0.29) is 16.3 Å². The van der Waals surface area contributed by atoms with Crippen LogP contribution in [0, 0.1) is 0 Å². The number of carbonyl (C=O) groups excluding carboxylic acids is 1. The molecule has 0 spiro atoms. The molecule has 4 aromatic rings. The fraction of sp³-hybridized carbons (Fsp3) is 0.143. The molecular formula is C21H17ClN4O4S3. The Balaban J connectivity index is 1.37. The predicted octanol–water partition coefficient (Wildman–Crippen LogP) is 5.18. The number of thioether (sulfide) groups is 1. The maximum absolute atomic E-state index is 12.5. The molecule has 0 unspecified atom stereocenters. The summed E-state index contributed by atoms with van der Waals surface area (Å²) in [6.07, 6.45) is 0. The molecule has 0 aliphatic heterocycles. The van der Waals surface area contributed by atoms with Gasteiger partial charge in [-0.3, -0.25) is 10.1 Å². The maximum Gasteiger partial charge on any atom is 0.279 e. The van der Waals surface area contributed by atoms with Gasteiger partial charge in [-0.15, -0.1) is 10.2 Å². The number of hydrogen-bond acceptors (Lipinski definition) is 9. The van der Waals surface area contributed by atoms with Gasteiger partial charge in [-0.05, 0) is 42.0 Å². The molecule has 4 rings (SSSR count). The van der Waals surface area contributed by atoms with E-state index in [0.29, 0.717) is 31.6 Å². The minimum Gasteiger partial charge on any atom is -0.355 e. The fourth-order valence-corrected chi connectivity index (χ4v) is 5.43. The number of nitrogens with one attached hydrogen (secondary N) is 1. The summed E-state index contributed by atoms with van der Waals surface area (Å²) in [6, 6.07) is 15.2. The SMILES string of the molecule is CCS(=O)(=O)c1ccc(-c2cc(C(=O)Nc3nnc(SCc4ccc(Cl)cc4)s3)no2)cc1. The first-order valence-corrected chi connectivity index (χ1v) is 13.5. The Hall–Kier alpha value is -2.73. The third-order valence-corrected chi connectivity index (χ3v) is 8.57. The Kier molecular flexibility index (Phi) is 7.13. The third kappa shape index (κ3) is 5.80. The van der Waals surface area contributed by atoms with E-state index in [9.17, 15) is 13.2 Å². The molecule has 2 aromatic heterocycles. The second-order valence-corrected chi connectivity index (χ2v) is 11.7. The largest absolute Gasteiger partial charge is 0.355 e. The molecule has 1 N–H and O–H groups in total. The quantitative estimate of drug-likeness (QED) is 0.249. The van der Waals surface area contributed by atoms with Gasteiger partial charge in [-0.25, -0.2) is 8.42 Å². The number of sulfone groups is 1. The van der Waals surface area contributed by atoms with Crippen LogP contribution in [0.25, 0.3) is 11.3 Å². The molecule has 0 radical (unpaired) electrons. The molecule has 0 aliphatic carbocycles. The summed E-state index contributed by atoms with van der Waals surface area (Å²) < 4.78 is 29.8. The van der Waals surface area contributed by atoms with E-state index < -0.39 is 15.7 Å². The average Bonchev–Trinajstić information content (AvgIpc) is 3.49. The number of rotatable bonds is 8. The van der Waals surface area contributed by atoms with Gasteiger partial charge in [0, 0.05) is 22.4 Å². The maximum atomic E-state index is 12.5. The lowest BCUT2D eigenvalue weighted by atomic mass is 10.1. The Bertz CT molecular complexity index is 1370. The van der Waals surface area contributed by atoms with E-state index in [1.165, 1.54) is 41.3 Å². The minimum absolute atomic E-state index is 0.0198. The highest BCUT2D eigenvalue weighted by atomic mass is 35.5. The molecule has 0 fully saturated rings. The number of nitrogens with zero attached hydrogens (tertiary/aromatic N) is 3. The van der Waals surface area contributed by atoms with Crippen LogP contribution in [0.15, 0.2) is 68.4 Å². The van der Waals surface area contributed by atoms with Crippen molar-refractivity contribution in [3.05, 3.63) is 70.9 Å². The number of benzene rings is 2. The molecule has 0 atom stereocenters. The summed E-state index contributed by atoms with van der Waals surface area (Å²) in [5.74, 6) is 0.578. The molecule has 0 bridgehead atoms. The van der Waals surface area contributed by atoms with Crippen molar-refractivity contribution in [1.82, 2.24) is 15.4 Å². The Morgan fingerprint density at radius 3 is 2.55 bits per heavy atom. The summed E-state index contributed by atoms with van der Waals surface area (Å²) in [5, 5.41) is 15.6. The molecule has 8 nitrogen and oxygen atoms in total. The van der Waals surface area contributed by atoms with Crippen molar-refractivity contribution in [2.75, 3.05) is 11.1 Å². The molecule has 33 heavy (non-hydrogen) atoms. The van der Waals surface area contributed by atoms with Crippen molar-refractivity contribution >= 4 is 55.6 Å². The van der Waals surface area contributed by atoms with Gasteiger partial charge in [0.1, 0.15) is 0 Å². The van der Waals surface area contributed by atoms with E-state index >= 15 is 0 Å². The minimum atomic E-state index is -3.29. The van der Waals surface area contributed by atoms with E-state index in [2.05, 4.69) is 20.7 Å². The molecule has 2 heterocycles. The zero-order valence-corrected chi connectivity index (χ0v) is 20.4. The van der Waals surface area contributed by atoms with Gasteiger partial charge >= 0.3 is 0 Å². The number of carbonyl (C=O) groups is 1. The first kappa shape index (κ1) is 23.4. The van der Waals surface area contributed by atoms with Crippen LogP contribution in [-0.4, -0.2) is 35.4 Å². The Morgan fingerprint density at radius 2 is 1.85 bits per heavy atom. The Morgan fingerprint density at radius 1 is 1.12 bits per heavy atom. The topological polar surface area (TPSA) is 115 Å². The van der Waals surface area contributed by atoms with Crippen LogP contribution >= 0.6 is 34.7 Å². The van der Waals surface area contributed by atoms with Gasteiger partial charge in [0.2, 0.25) is 5.13 Å². The van der Waals surface area contributed by atoms with Crippen LogP contribution in [0.1, 0.15) is 23.0 Å². The normalized spacial score (nSPS) is 11.5. The lowest BCUT2D eigenvalue weighted by Crippen LogP contribution is -2.11. The van der Waals surface area contributed by atoms with Crippen molar-refractivity contribution in [1.29, 1.82) is 0 Å². The highest BCUT2D eigenvalue weighted by Gasteiger charge is 2.17. The lowest BCUT2D eigenvalue weighted by molar-refractivity contribution is 0.101. The highest BCUT2D eigenvalue weighted by molar-refractivity contribution is 8.00. The Labute approximate surface area is 203 Å². The summed E-state index contributed by atoms with van der Waals surface area (Å²) in [5.41, 5.74) is 1.77. The molecule has 0 saturated heterocycles. The van der Waals surface area contributed by atoms with Crippen LogP contribution in [-0.2, 0) is 15.6 Å². The summed E-state index contributed by atoms with van der Waals surface area (Å²) in [6.45, 7) is 1.59. The van der Waals surface area contributed by atoms with Gasteiger partial charge in [0.15, 0.2) is 25.6 Å². The first-order chi connectivity index (χ1) is 15.8. The molecule has 12 heteroatoms. The van der Waals surface area contributed by atoms with Gasteiger partial charge in [0.05, 0.1) is 10.6 Å². The number of anilines is 1. The predicted molar refractivity (Wildman–Crippen MR) is 129 cm³/mol. The molecule has 2 aromatic carbocycles. The van der Waals surface area contributed by atoms with Crippen molar-refractivity contribution in [3.63, 3.8) is 0 Å². The molecule has 1 amide bonds. The van der Waals surface area contributed by atoms with Crippen LogP contribution < -0.4 is 5.32 Å². The molecule has 170 valence electrons. The van der Waals surface area contributed by atoms with Crippen molar-refractivity contribution in [2.24, 2.45) is 0 Å². The van der Waals surface area contributed by atoms with Crippen molar-refractivity contribution < 1.29 is 17.7 Å². The highest BCUT2D eigenvalue weighted by Crippen LogP contribution is 2.29. The number of halogens is 1. The van der Waals surface area contributed by atoms with Crippen molar-refractivity contribution in [3.8, 4) is 11.3 Å². The summed E-state index contributed by atoms with van der Waals surface area (Å²) in [4.78, 5) is 12.7. The number of amides is 1. The molecular weight excluding hydrogens is 504 g/mol. The second kappa shape index (κ2) is 10.0. The van der Waals surface area contributed by atoms with E-state index in [4.69, 9.17) is 16.1 Å². The number of hydrogen-bond donors (Lipinski definition) is 1. The van der Waals surface area contributed by atoms with Gasteiger partial charge < -0.3 is 4.52 Å². The van der Waals surface area contributed by atoms with E-state index in [1.54, 1.807) is 19.1 Å². The van der Waals surface area contributed by atoms with Gasteiger partial charge in [-0.1, -0.05) is 58.9 Å². The smallest absolute Gasteiger partial charge is 0.279 e. The summed E-state index contributed by atoms with van der Waals surface area (Å²) >= 11 is 8.65. The zero-order chi connectivity index (χ0) is 23.4. The van der Waals surface area contributed by atoms with Crippen LogP contribution in [0.5, 0.6) is 0 Å². The second-order valence-electron chi connectivity index (χ2n) is 6.75. The van der Waals surface area contributed by atoms with Crippen LogP contribution in [0.4, 0.5) is 5.13 Å². The fourth-order valence-electron chi connectivity index (χ4n) is 2.72. The van der Waals surface area contributed by atoms with Crippen LogP contribution in [0.2, 0.25) is 5.02 Å². The van der Waals surface area contributed by atoms with Gasteiger partial charge in [-0.2, -0.15) is 0 Å². The standard InChI is InChI=1S/C21H17ClN4O4S3/c1-2-33(28,29)16-9-5-14(6-10-16)18-11-17(26-30-18)19(27)23-20-24-25-21(32-20)31-12-13-3-7-15(22)8-4-13/h3-11H,2,12H2,1H3,(H,23,24,27). The van der Waals surface area contributed by atoms with E-state index in [1.807, 2.05) is 24.3 Å². The number of aromatic nitrogens is 3. The monoisotopic (exact) mass is 520 g/mol. The first-order valence-electron chi connectivity index (χ1n) is 9.66. The molecule has 0 saturated carbocycles. The van der Waals surface area contributed by atoms with E-state index in [0.717, 1.165) is 5.56 Å². The zero-order valence-electron chi connectivity index (χ0n) is 17.2.